The second-order valence-corrected chi connectivity index (χ2v) is 5.50. The van der Waals surface area contributed by atoms with E-state index in [0.29, 0.717) is 18.4 Å². The molecule has 0 aliphatic carbocycles. The van der Waals surface area contributed by atoms with Gasteiger partial charge in [-0.25, -0.2) is 9.97 Å². The van der Waals surface area contributed by atoms with Gasteiger partial charge in [-0.15, -0.1) is 0 Å². The number of aromatic nitrogens is 2. The average molecular weight is 295 g/mol. The molecule has 0 amide bonds. The number of benzene rings is 1. The first kappa shape index (κ1) is 12.9. The number of halogens is 2. The highest BCUT2D eigenvalue weighted by Gasteiger charge is 2.37. The van der Waals surface area contributed by atoms with Gasteiger partial charge in [0.25, 0.3) is 0 Å². The van der Waals surface area contributed by atoms with Gasteiger partial charge in [-0.05, 0) is 24.1 Å². The summed E-state index contributed by atoms with van der Waals surface area (Å²) in [6, 6.07) is 10.1. The average Bonchev–Trinajstić information content (AvgIpc) is 2.41. The van der Waals surface area contributed by atoms with E-state index in [-0.39, 0.29) is 10.7 Å². The molecule has 1 aromatic heterocycles. The van der Waals surface area contributed by atoms with Crippen LogP contribution in [0.2, 0.25) is 10.4 Å². The van der Waals surface area contributed by atoms with Crippen molar-refractivity contribution in [3.8, 4) is 0 Å². The van der Waals surface area contributed by atoms with E-state index < -0.39 is 0 Å². The molecule has 3 rings (SSSR count). The van der Waals surface area contributed by atoms with E-state index in [4.69, 9.17) is 27.9 Å². The Kier molecular flexibility index (Phi) is 3.21. The van der Waals surface area contributed by atoms with Gasteiger partial charge in [-0.1, -0.05) is 41.9 Å². The van der Waals surface area contributed by atoms with Crippen molar-refractivity contribution >= 4 is 23.2 Å². The SMILES string of the molecule is CC1(c2ccccc2)COCc2c(Cl)nc(Cl)nc21. The molecule has 1 aliphatic heterocycles. The van der Waals surface area contributed by atoms with Crippen molar-refractivity contribution in [2.24, 2.45) is 0 Å². The Morgan fingerprint density at radius 3 is 2.63 bits per heavy atom. The summed E-state index contributed by atoms with van der Waals surface area (Å²) in [5.41, 5.74) is 2.45. The molecule has 2 aromatic rings. The van der Waals surface area contributed by atoms with Crippen LogP contribution < -0.4 is 0 Å². The van der Waals surface area contributed by atoms with E-state index in [1.165, 1.54) is 0 Å². The summed E-state index contributed by atoms with van der Waals surface area (Å²) in [7, 11) is 0. The first-order valence-corrected chi connectivity index (χ1v) is 6.72. The highest BCUT2D eigenvalue weighted by Crippen LogP contribution is 2.39. The molecule has 98 valence electrons. The number of rotatable bonds is 1. The Morgan fingerprint density at radius 2 is 1.89 bits per heavy atom. The van der Waals surface area contributed by atoms with Crippen LogP contribution in [0.5, 0.6) is 0 Å². The lowest BCUT2D eigenvalue weighted by Gasteiger charge is -2.35. The van der Waals surface area contributed by atoms with E-state index in [1.807, 2.05) is 18.2 Å². The molecule has 0 fully saturated rings. The predicted octanol–water partition coefficient (Wildman–Crippen LogP) is 3.62. The Morgan fingerprint density at radius 1 is 1.16 bits per heavy atom. The molecule has 0 spiro atoms. The zero-order chi connectivity index (χ0) is 13.5. The molecule has 1 aromatic carbocycles. The maximum absolute atomic E-state index is 6.15. The zero-order valence-corrected chi connectivity index (χ0v) is 11.9. The zero-order valence-electron chi connectivity index (χ0n) is 10.4. The first-order chi connectivity index (χ1) is 9.11. The van der Waals surface area contributed by atoms with Crippen LogP contribution in [0.1, 0.15) is 23.7 Å². The molecular weight excluding hydrogens is 283 g/mol. The molecule has 3 nitrogen and oxygen atoms in total. The smallest absolute Gasteiger partial charge is 0.224 e. The van der Waals surface area contributed by atoms with Crippen molar-refractivity contribution in [1.82, 2.24) is 9.97 Å². The van der Waals surface area contributed by atoms with Gasteiger partial charge in [-0.3, -0.25) is 0 Å². The summed E-state index contributed by atoms with van der Waals surface area (Å²) >= 11 is 12.1. The second kappa shape index (κ2) is 4.75. The quantitative estimate of drug-likeness (QED) is 0.595. The van der Waals surface area contributed by atoms with Crippen LogP contribution >= 0.6 is 23.2 Å². The van der Waals surface area contributed by atoms with Crippen molar-refractivity contribution in [3.63, 3.8) is 0 Å². The highest BCUT2D eigenvalue weighted by atomic mass is 35.5. The van der Waals surface area contributed by atoms with Gasteiger partial charge in [-0.2, -0.15) is 0 Å². The van der Waals surface area contributed by atoms with Crippen LogP contribution in [-0.2, 0) is 16.8 Å². The van der Waals surface area contributed by atoms with E-state index in [1.54, 1.807) is 0 Å². The molecular formula is C14H12Cl2N2O. The fourth-order valence-electron chi connectivity index (χ4n) is 2.47. The van der Waals surface area contributed by atoms with Crippen LogP contribution in [0.3, 0.4) is 0 Å². The minimum atomic E-state index is -0.356. The normalized spacial score (nSPS) is 22.1. The van der Waals surface area contributed by atoms with E-state index in [2.05, 4.69) is 29.0 Å². The molecule has 0 saturated carbocycles. The summed E-state index contributed by atoms with van der Waals surface area (Å²) < 4.78 is 5.68. The Labute approximate surface area is 121 Å². The van der Waals surface area contributed by atoms with Gasteiger partial charge >= 0.3 is 0 Å². The summed E-state index contributed by atoms with van der Waals surface area (Å²) in [5, 5.41) is 0.546. The Balaban J connectivity index is 2.22. The highest BCUT2D eigenvalue weighted by molar-refractivity contribution is 6.32. The number of nitrogens with zero attached hydrogens (tertiary/aromatic N) is 2. The molecule has 0 saturated heterocycles. The number of ether oxygens (including phenoxy) is 1. The molecule has 19 heavy (non-hydrogen) atoms. The molecule has 1 unspecified atom stereocenters. The van der Waals surface area contributed by atoms with Crippen LogP contribution in [0.15, 0.2) is 30.3 Å². The second-order valence-electron chi connectivity index (χ2n) is 4.80. The van der Waals surface area contributed by atoms with Gasteiger partial charge in [0.15, 0.2) is 0 Å². The standard InChI is InChI=1S/C14H12Cl2N2O/c1-14(9-5-3-2-4-6-9)8-19-7-10-11(14)17-13(16)18-12(10)15/h2-6H,7-8H2,1H3. The Hall–Kier alpha value is -1.16. The molecule has 5 heteroatoms. The van der Waals surface area contributed by atoms with E-state index >= 15 is 0 Å². The summed E-state index contributed by atoms with van der Waals surface area (Å²) in [4.78, 5) is 8.38. The molecule has 0 N–H and O–H groups in total. The lowest BCUT2D eigenvalue weighted by molar-refractivity contribution is 0.0686. The third kappa shape index (κ3) is 2.12. The molecule has 1 atom stereocenters. The first-order valence-electron chi connectivity index (χ1n) is 5.97. The van der Waals surface area contributed by atoms with E-state index in [0.717, 1.165) is 16.8 Å². The molecule has 0 bridgehead atoms. The fourth-order valence-corrected chi connectivity index (χ4v) is 2.90. The topological polar surface area (TPSA) is 35.0 Å². The van der Waals surface area contributed by atoms with Gasteiger partial charge in [0, 0.05) is 5.56 Å². The summed E-state index contributed by atoms with van der Waals surface area (Å²) in [5.74, 6) is 0. The van der Waals surface area contributed by atoms with Crippen molar-refractivity contribution < 1.29 is 4.74 Å². The summed E-state index contributed by atoms with van der Waals surface area (Å²) in [6.45, 7) is 3.06. The Bertz CT molecular complexity index is 618. The van der Waals surface area contributed by atoms with Crippen molar-refractivity contribution in [2.45, 2.75) is 18.9 Å². The number of hydrogen-bond donors (Lipinski definition) is 0. The maximum Gasteiger partial charge on any atom is 0.224 e. The van der Waals surface area contributed by atoms with Crippen LogP contribution in [0.4, 0.5) is 0 Å². The van der Waals surface area contributed by atoms with Crippen LogP contribution in [-0.4, -0.2) is 16.6 Å². The van der Waals surface area contributed by atoms with Gasteiger partial charge < -0.3 is 4.74 Å². The monoisotopic (exact) mass is 294 g/mol. The number of fused-ring (bicyclic) bond motifs is 1. The van der Waals surface area contributed by atoms with Gasteiger partial charge in [0.2, 0.25) is 5.28 Å². The van der Waals surface area contributed by atoms with E-state index in [9.17, 15) is 0 Å². The molecule has 0 radical (unpaired) electrons. The summed E-state index contributed by atoms with van der Waals surface area (Å²) in [6.07, 6.45) is 0. The fraction of sp³-hybridized carbons (Fsp3) is 0.286. The third-order valence-electron chi connectivity index (χ3n) is 3.50. The molecule has 2 heterocycles. The lowest BCUT2D eigenvalue weighted by Crippen LogP contribution is -2.36. The van der Waals surface area contributed by atoms with Crippen molar-refractivity contribution in [1.29, 1.82) is 0 Å². The van der Waals surface area contributed by atoms with Gasteiger partial charge in [0.1, 0.15) is 5.15 Å². The van der Waals surface area contributed by atoms with Crippen molar-refractivity contribution in [3.05, 3.63) is 57.6 Å². The van der Waals surface area contributed by atoms with Crippen LogP contribution in [0, 0.1) is 0 Å². The van der Waals surface area contributed by atoms with Gasteiger partial charge in [0.05, 0.1) is 24.3 Å². The third-order valence-corrected chi connectivity index (χ3v) is 3.98. The minimum Gasteiger partial charge on any atom is -0.375 e. The predicted molar refractivity (Wildman–Crippen MR) is 74.6 cm³/mol. The van der Waals surface area contributed by atoms with Crippen LogP contribution in [0.25, 0.3) is 0 Å². The lowest BCUT2D eigenvalue weighted by atomic mass is 9.77. The number of hydrogen-bond acceptors (Lipinski definition) is 3. The largest absolute Gasteiger partial charge is 0.375 e. The maximum atomic E-state index is 6.15. The minimum absolute atomic E-state index is 0.174. The molecule has 1 aliphatic rings. The van der Waals surface area contributed by atoms with Crippen molar-refractivity contribution in [2.75, 3.05) is 6.61 Å².